The number of ketones is 1. The molecule has 0 N–H and O–H groups in total. The van der Waals surface area contributed by atoms with E-state index in [9.17, 15) is 14.4 Å². The Morgan fingerprint density at radius 3 is 2.30 bits per heavy atom. The van der Waals surface area contributed by atoms with Gasteiger partial charge in [-0.2, -0.15) is 0 Å². The summed E-state index contributed by atoms with van der Waals surface area (Å²) in [6.45, 7) is 7.63. The molecule has 6 heteroatoms. The van der Waals surface area contributed by atoms with E-state index in [1.807, 2.05) is 13.8 Å². The van der Waals surface area contributed by atoms with Crippen LogP contribution in [0, 0.1) is 0 Å². The van der Waals surface area contributed by atoms with Gasteiger partial charge in [-0.1, -0.05) is 0 Å². The quantitative estimate of drug-likeness (QED) is 0.483. The highest BCUT2D eigenvalue weighted by Crippen LogP contribution is 2.39. The highest BCUT2D eigenvalue weighted by molar-refractivity contribution is 5.98. The molecule has 0 spiro atoms. The zero-order valence-corrected chi connectivity index (χ0v) is 13.9. The van der Waals surface area contributed by atoms with Crippen molar-refractivity contribution < 1.29 is 28.6 Å². The zero-order valence-electron chi connectivity index (χ0n) is 13.9. The summed E-state index contributed by atoms with van der Waals surface area (Å²) in [6, 6.07) is 3.17. The minimum Gasteiger partial charge on any atom is -0.484 e. The van der Waals surface area contributed by atoms with E-state index in [-0.39, 0.29) is 11.5 Å². The summed E-state index contributed by atoms with van der Waals surface area (Å²) in [4.78, 5) is 34.3. The first-order chi connectivity index (χ1) is 10.6. The van der Waals surface area contributed by atoms with E-state index in [0.717, 1.165) is 5.56 Å². The van der Waals surface area contributed by atoms with Crippen LogP contribution < -0.4 is 9.47 Å². The summed E-state index contributed by atoms with van der Waals surface area (Å²) in [5.74, 6) is -0.443. The van der Waals surface area contributed by atoms with Crippen molar-refractivity contribution in [3.05, 3.63) is 23.3 Å². The summed E-state index contributed by atoms with van der Waals surface area (Å²) in [5.41, 5.74) is 0.296. The van der Waals surface area contributed by atoms with E-state index in [1.165, 1.54) is 20.8 Å². The minimum absolute atomic E-state index is 0.172. The maximum atomic E-state index is 11.8. The lowest BCUT2D eigenvalue weighted by Crippen LogP contribution is -2.48. The number of fused-ring (bicyclic) bond motifs is 1. The highest BCUT2D eigenvalue weighted by atomic mass is 16.6. The Hall–Kier alpha value is -2.37. The fourth-order valence-corrected chi connectivity index (χ4v) is 2.55. The monoisotopic (exact) mass is 320 g/mol. The molecule has 0 saturated heterocycles. The number of esters is 2. The second-order valence-electron chi connectivity index (χ2n) is 6.11. The molecule has 2 rings (SSSR count). The van der Waals surface area contributed by atoms with Crippen molar-refractivity contribution >= 4 is 17.7 Å². The molecule has 0 aromatic heterocycles. The standard InChI is InChI=1S/C17H20O6/c1-9(18)13-6-12-7-16(22-11(3)20)17(4,5)23-14(12)8-15(13)21-10(2)19/h6,8,16H,7H2,1-5H3/t16-/m0/s1. The normalized spacial score (nSPS) is 18.4. The molecule has 1 aromatic rings. The molecule has 0 fully saturated rings. The van der Waals surface area contributed by atoms with Crippen molar-refractivity contribution in [3.63, 3.8) is 0 Å². The van der Waals surface area contributed by atoms with Crippen LogP contribution in [0.2, 0.25) is 0 Å². The molecule has 0 aliphatic carbocycles. The van der Waals surface area contributed by atoms with Crippen LogP contribution in [-0.2, 0) is 20.7 Å². The molecule has 0 saturated carbocycles. The van der Waals surface area contributed by atoms with Crippen molar-refractivity contribution in [2.45, 2.75) is 52.7 Å². The second kappa shape index (κ2) is 6.02. The van der Waals surface area contributed by atoms with Crippen LogP contribution in [0.4, 0.5) is 0 Å². The fourth-order valence-electron chi connectivity index (χ4n) is 2.55. The minimum atomic E-state index is -0.732. The van der Waals surface area contributed by atoms with Crippen molar-refractivity contribution in [2.24, 2.45) is 0 Å². The maximum absolute atomic E-state index is 11.8. The molecule has 0 bridgehead atoms. The van der Waals surface area contributed by atoms with Gasteiger partial charge in [0.15, 0.2) is 5.78 Å². The van der Waals surface area contributed by atoms with Gasteiger partial charge in [0.2, 0.25) is 0 Å². The van der Waals surface area contributed by atoms with Gasteiger partial charge >= 0.3 is 11.9 Å². The number of rotatable bonds is 3. The maximum Gasteiger partial charge on any atom is 0.308 e. The summed E-state index contributed by atoms with van der Waals surface area (Å²) in [6.07, 6.45) is -0.0467. The molecule has 0 radical (unpaired) electrons. The third kappa shape index (κ3) is 3.70. The molecule has 1 aliphatic rings. The average Bonchev–Trinajstić information content (AvgIpc) is 2.37. The highest BCUT2D eigenvalue weighted by Gasteiger charge is 2.40. The fraction of sp³-hybridized carbons (Fsp3) is 0.471. The van der Waals surface area contributed by atoms with Gasteiger partial charge in [-0.3, -0.25) is 14.4 Å². The average molecular weight is 320 g/mol. The van der Waals surface area contributed by atoms with Gasteiger partial charge in [0.05, 0.1) is 5.56 Å². The van der Waals surface area contributed by atoms with Gasteiger partial charge in [0.1, 0.15) is 23.2 Å². The van der Waals surface area contributed by atoms with Crippen LogP contribution in [-0.4, -0.2) is 29.4 Å². The lowest BCUT2D eigenvalue weighted by molar-refractivity contribution is -0.158. The molecule has 1 atom stereocenters. The van der Waals surface area contributed by atoms with E-state index in [1.54, 1.807) is 12.1 Å². The summed E-state index contributed by atoms with van der Waals surface area (Å²) in [7, 11) is 0. The van der Waals surface area contributed by atoms with E-state index in [2.05, 4.69) is 0 Å². The van der Waals surface area contributed by atoms with Crippen LogP contribution >= 0.6 is 0 Å². The first-order valence-corrected chi connectivity index (χ1v) is 7.32. The predicted octanol–water partition coefficient (Wildman–Crippen LogP) is 2.46. The number of carbonyl (C=O) groups excluding carboxylic acids is 3. The van der Waals surface area contributed by atoms with Crippen LogP contribution in [0.3, 0.4) is 0 Å². The van der Waals surface area contributed by atoms with Gasteiger partial charge in [0.25, 0.3) is 0 Å². The smallest absolute Gasteiger partial charge is 0.308 e. The Balaban J connectivity index is 2.46. The van der Waals surface area contributed by atoms with Gasteiger partial charge < -0.3 is 14.2 Å². The topological polar surface area (TPSA) is 78.9 Å². The molecule has 1 aromatic carbocycles. The summed E-state index contributed by atoms with van der Waals surface area (Å²) < 4.78 is 16.3. The lowest BCUT2D eigenvalue weighted by atomic mass is 9.89. The summed E-state index contributed by atoms with van der Waals surface area (Å²) >= 11 is 0. The number of benzene rings is 1. The van der Waals surface area contributed by atoms with E-state index in [4.69, 9.17) is 14.2 Å². The first-order valence-electron chi connectivity index (χ1n) is 7.32. The number of Topliss-reactive ketones (excluding diaryl/α,β-unsaturated/α-hetero) is 1. The third-order valence-electron chi connectivity index (χ3n) is 3.66. The van der Waals surface area contributed by atoms with E-state index >= 15 is 0 Å². The Kier molecular flexibility index (Phi) is 4.45. The molecular formula is C17H20O6. The van der Waals surface area contributed by atoms with Crippen molar-refractivity contribution in [2.75, 3.05) is 0 Å². The molecular weight excluding hydrogens is 300 g/mol. The van der Waals surface area contributed by atoms with Crippen LogP contribution in [0.15, 0.2) is 12.1 Å². The van der Waals surface area contributed by atoms with Gasteiger partial charge in [-0.25, -0.2) is 0 Å². The number of hydrogen-bond donors (Lipinski definition) is 0. The summed E-state index contributed by atoms with van der Waals surface area (Å²) in [5, 5.41) is 0. The van der Waals surface area contributed by atoms with E-state index in [0.29, 0.717) is 17.7 Å². The Labute approximate surface area is 134 Å². The molecule has 0 unspecified atom stereocenters. The first kappa shape index (κ1) is 17.0. The Bertz CT molecular complexity index is 674. The lowest BCUT2D eigenvalue weighted by Gasteiger charge is -2.39. The number of carbonyl (C=O) groups is 3. The number of ether oxygens (including phenoxy) is 3. The van der Waals surface area contributed by atoms with Crippen molar-refractivity contribution in [3.8, 4) is 11.5 Å². The molecule has 23 heavy (non-hydrogen) atoms. The molecule has 1 heterocycles. The van der Waals surface area contributed by atoms with Crippen LogP contribution in [0.25, 0.3) is 0 Å². The van der Waals surface area contributed by atoms with Crippen LogP contribution in [0.1, 0.15) is 50.5 Å². The van der Waals surface area contributed by atoms with Gasteiger partial charge in [-0.15, -0.1) is 0 Å². The molecule has 124 valence electrons. The molecule has 0 amide bonds. The van der Waals surface area contributed by atoms with E-state index < -0.39 is 23.6 Å². The molecule has 1 aliphatic heterocycles. The molecule has 6 nitrogen and oxygen atoms in total. The van der Waals surface area contributed by atoms with Crippen LogP contribution in [0.5, 0.6) is 11.5 Å². The van der Waals surface area contributed by atoms with Gasteiger partial charge in [0, 0.05) is 26.3 Å². The largest absolute Gasteiger partial charge is 0.484 e. The number of hydrogen-bond acceptors (Lipinski definition) is 6. The van der Waals surface area contributed by atoms with Crippen molar-refractivity contribution in [1.29, 1.82) is 0 Å². The Morgan fingerprint density at radius 2 is 1.78 bits per heavy atom. The third-order valence-corrected chi connectivity index (χ3v) is 3.66. The predicted molar refractivity (Wildman–Crippen MR) is 81.7 cm³/mol. The zero-order chi connectivity index (χ0) is 17.4. The van der Waals surface area contributed by atoms with Gasteiger partial charge in [-0.05, 0) is 32.4 Å². The second-order valence-corrected chi connectivity index (χ2v) is 6.11. The van der Waals surface area contributed by atoms with Crippen molar-refractivity contribution in [1.82, 2.24) is 0 Å². The Morgan fingerprint density at radius 1 is 1.13 bits per heavy atom. The SMILES string of the molecule is CC(=O)Oc1cc2c(cc1C(C)=O)C[C@H](OC(C)=O)C(C)(C)O2.